The fraction of sp³-hybridized carbons (Fsp3) is 0.308. The SMILES string of the molecule is CC1(C)CC(=O)N(c2ccc(F)cc2C(N)=S)C1=O. The van der Waals surface area contributed by atoms with Crippen LogP contribution in [-0.2, 0) is 9.59 Å². The van der Waals surface area contributed by atoms with Gasteiger partial charge in [-0.1, -0.05) is 26.1 Å². The molecule has 0 aliphatic carbocycles. The number of anilines is 1. The van der Waals surface area contributed by atoms with Gasteiger partial charge in [-0.25, -0.2) is 9.29 Å². The van der Waals surface area contributed by atoms with Crippen LogP contribution < -0.4 is 10.6 Å². The maximum absolute atomic E-state index is 13.2. The van der Waals surface area contributed by atoms with Gasteiger partial charge in [0, 0.05) is 12.0 Å². The Balaban J connectivity index is 2.57. The molecule has 0 unspecified atom stereocenters. The number of hydrogen-bond acceptors (Lipinski definition) is 3. The molecule has 100 valence electrons. The second-order valence-corrected chi connectivity index (χ2v) is 5.56. The van der Waals surface area contributed by atoms with Crippen LogP contribution in [0, 0.1) is 11.2 Å². The van der Waals surface area contributed by atoms with Crippen LogP contribution in [0.4, 0.5) is 10.1 Å². The zero-order valence-electron chi connectivity index (χ0n) is 10.6. The molecule has 0 atom stereocenters. The minimum Gasteiger partial charge on any atom is -0.389 e. The van der Waals surface area contributed by atoms with Crippen molar-refractivity contribution in [2.24, 2.45) is 11.1 Å². The predicted molar refractivity (Wildman–Crippen MR) is 73.2 cm³/mol. The highest BCUT2D eigenvalue weighted by Gasteiger charge is 2.46. The summed E-state index contributed by atoms with van der Waals surface area (Å²) in [6.45, 7) is 3.38. The summed E-state index contributed by atoms with van der Waals surface area (Å²) >= 11 is 4.84. The monoisotopic (exact) mass is 280 g/mol. The molecule has 1 heterocycles. The molecule has 19 heavy (non-hydrogen) atoms. The van der Waals surface area contributed by atoms with Crippen LogP contribution in [0.5, 0.6) is 0 Å². The summed E-state index contributed by atoms with van der Waals surface area (Å²) in [6, 6.07) is 3.65. The predicted octanol–water partition coefficient (Wildman–Crippen LogP) is 1.75. The molecule has 0 spiro atoms. The average molecular weight is 280 g/mol. The molecular weight excluding hydrogens is 267 g/mol. The first-order valence-electron chi connectivity index (χ1n) is 5.71. The van der Waals surface area contributed by atoms with E-state index in [1.807, 2.05) is 0 Å². The zero-order valence-corrected chi connectivity index (χ0v) is 11.4. The molecule has 4 nitrogen and oxygen atoms in total. The molecule has 1 aliphatic rings. The van der Waals surface area contributed by atoms with Crippen LogP contribution in [-0.4, -0.2) is 16.8 Å². The third kappa shape index (κ3) is 2.23. The third-order valence-electron chi connectivity index (χ3n) is 3.09. The third-order valence-corrected chi connectivity index (χ3v) is 3.31. The summed E-state index contributed by atoms with van der Waals surface area (Å²) in [5.74, 6) is -1.19. The highest BCUT2D eigenvalue weighted by molar-refractivity contribution is 7.80. The van der Waals surface area contributed by atoms with Crippen molar-refractivity contribution in [3.63, 3.8) is 0 Å². The standard InChI is InChI=1S/C13H13FN2O2S/c1-13(2)6-10(17)16(12(13)18)9-4-3-7(14)5-8(9)11(15)19/h3-5H,6H2,1-2H3,(H2,15,19). The summed E-state index contributed by atoms with van der Waals surface area (Å²) in [5, 5.41) is 0. The van der Waals surface area contributed by atoms with E-state index in [0.717, 1.165) is 11.0 Å². The van der Waals surface area contributed by atoms with Crippen molar-refractivity contribution in [3.05, 3.63) is 29.6 Å². The smallest absolute Gasteiger partial charge is 0.239 e. The molecule has 0 saturated carbocycles. The molecule has 0 radical (unpaired) electrons. The highest BCUT2D eigenvalue weighted by Crippen LogP contribution is 2.36. The summed E-state index contributed by atoms with van der Waals surface area (Å²) in [5.41, 5.74) is 5.19. The fourth-order valence-corrected chi connectivity index (χ4v) is 2.26. The van der Waals surface area contributed by atoms with Gasteiger partial charge in [0.25, 0.3) is 0 Å². The molecule has 6 heteroatoms. The van der Waals surface area contributed by atoms with Crippen LogP contribution >= 0.6 is 12.2 Å². The molecule has 1 aromatic carbocycles. The number of halogens is 1. The molecule has 1 aromatic rings. The molecule has 2 rings (SSSR count). The Morgan fingerprint density at radius 3 is 2.53 bits per heavy atom. The minimum absolute atomic E-state index is 0.0557. The van der Waals surface area contributed by atoms with Gasteiger partial charge < -0.3 is 5.73 Å². The summed E-state index contributed by atoms with van der Waals surface area (Å²) in [6.07, 6.45) is 0.111. The van der Waals surface area contributed by atoms with E-state index in [1.54, 1.807) is 13.8 Å². The Bertz CT molecular complexity index is 598. The van der Waals surface area contributed by atoms with Crippen LogP contribution in [0.15, 0.2) is 18.2 Å². The van der Waals surface area contributed by atoms with Crippen LogP contribution in [0.25, 0.3) is 0 Å². The first kappa shape index (κ1) is 13.6. The van der Waals surface area contributed by atoms with E-state index in [0.29, 0.717) is 0 Å². The first-order valence-corrected chi connectivity index (χ1v) is 6.11. The van der Waals surface area contributed by atoms with Gasteiger partial charge in [-0.2, -0.15) is 0 Å². The molecule has 0 aromatic heterocycles. The lowest BCUT2D eigenvalue weighted by atomic mass is 9.92. The number of thiocarbonyl (C=S) groups is 1. The van der Waals surface area contributed by atoms with Gasteiger partial charge in [0.1, 0.15) is 10.8 Å². The lowest BCUT2D eigenvalue weighted by molar-refractivity contribution is -0.124. The number of carbonyl (C=O) groups is 2. The van der Waals surface area contributed by atoms with Gasteiger partial charge in [-0.05, 0) is 18.2 Å². The van der Waals surface area contributed by atoms with E-state index in [2.05, 4.69) is 0 Å². The number of amides is 2. The number of benzene rings is 1. The van der Waals surface area contributed by atoms with Crippen molar-refractivity contribution in [3.8, 4) is 0 Å². The molecule has 0 bridgehead atoms. The number of rotatable bonds is 2. The van der Waals surface area contributed by atoms with Crippen LogP contribution in [0.1, 0.15) is 25.8 Å². The van der Waals surface area contributed by atoms with E-state index < -0.39 is 11.2 Å². The lowest BCUT2D eigenvalue weighted by Crippen LogP contribution is -2.34. The van der Waals surface area contributed by atoms with E-state index in [9.17, 15) is 14.0 Å². The largest absolute Gasteiger partial charge is 0.389 e. The first-order chi connectivity index (χ1) is 8.74. The number of carbonyl (C=O) groups excluding carboxylic acids is 2. The number of imide groups is 1. The zero-order chi connectivity index (χ0) is 14.4. The van der Waals surface area contributed by atoms with Gasteiger partial charge in [0.05, 0.1) is 11.1 Å². The summed E-state index contributed by atoms with van der Waals surface area (Å²) < 4.78 is 13.2. The Hall–Kier alpha value is -1.82. The molecule has 2 N–H and O–H groups in total. The van der Waals surface area contributed by atoms with E-state index >= 15 is 0 Å². The Morgan fingerprint density at radius 1 is 1.42 bits per heavy atom. The quantitative estimate of drug-likeness (QED) is 0.662. The maximum atomic E-state index is 13.2. The fourth-order valence-electron chi connectivity index (χ4n) is 2.09. The van der Waals surface area contributed by atoms with Gasteiger partial charge in [-0.15, -0.1) is 0 Å². The van der Waals surface area contributed by atoms with Crippen LogP contribution in [0.2, 0.25) is 0 Å². The Morgan fingerprint density at radius 2 is 2.05 bits per heavy atom. The van der Waals surface area contributed by atoms with Crippen LogP contribution in [0.3, 0.4) is 0 Å². The average Bonchev–Trinajstić information content (AvgIpc) is 2.49. The van der Waals surface area contributed by atoms with Gasteiger partial charge in [0.2, 0.25) is 11.8 Å². The number of nitrogens with two attached hydrogens (primary N) is 1. The van der Waals surface area contributed by atoms with Crippen molar-refractivity contribution in [2.75, 3.05) is 4.90 Å². The second kappa shape index (κ2) is 4.38. The molecule has 1 aliphatic heterocycles. The summed E-state index contributed by atoms with van der Waals surface area (Å²) in [7, 11) is 0. The number of nitrogens with zero attached hydrogens (tertiary/aromatic N) is 1. The summed E-state index contributed by atoms with van der Waals surface area (Å²) in [4.78, 5) is 25.2. The normalized spacial score (nSPS) is 17.9. The lowest BCUT2D eigenvalue weighted by Gasteiger charge is -2.20. The van der Waals surface area contributed by atoms with Crippen molar-refractivity contribution in [2.45, 2.75) is 20.3 Å². The van der Waals surface area contributed by atoms with Gasteiger partial charge in [0.15, 0.2) is 0 Å². The van der Waals surface area contributed by atoms with Crippen molar-refractivity contribution in [1.29, 1.82) is 0 Å². The molecule has 1 saturated heterocycles. The van der Waals surface area contributed by atoms with E-state index in [-0.39, 0.29) is 34.5 Å². The Labute approximate surface area is 115 Å². The topological polar surface area (TPSA) is 63.4 Å². The highest BCUT2D eigenvalue weighted by atomic mass is 32.1. The molecule has 2 amide bonds. The van der Waals surface area contributed by atoms with Crippen molar-refractivity contribution < 1.29 is 14.0 Å². The van der Waals surface area contributed by atoms with Gasteiger partial charge >= 0.3 is 0 Å². The Kier molecular flexibility index (Phi) is 3.14. The van der Waals surface area contributed by atoms with Crippen molar-refractivity contribution in [1.82, 2.24) is 0 Å². The van der Waals surface area contributed by atoms with Gasteiger partial charge in [-0.3, -0.25) is 9.59 Å². The molecule has 1 fully saturated rings. The second-order valence-electron chi connectivity index (χ2n) is 5.12. The van der Waals surface area contributed by atoms with E-state index in [4.69, 9.17) is 18.0 Å². The van der Waals surface area contributed by atoms with E-state index in [1.165, 1.54) is 12.1 Å². The van der Waals surface area contributed by atoms with Crippen molar-refractivity contribution >= 4 is 34.7 Å². The number of hydrogen-bond donors (Lipinski definition) is 1. The minimum atomic E-state index is -0.765. The molecular formula is C13H13FN2O2S. The maximum Gasteiger partial charge on any atom is 0.239 e.